The average molecular weight is 322 g/mol. The van der Waals surface area contributed by atoms with Crippen LogP contribution < -0.4 is 5.32 Å². The zero-order valence-corrected chi connectivity index (χ0v) is 13.7. The number of carbonyl (C=O) groups is 2. The normalized spacial score (nSPS) is 11.5. The zero-order chi connectivity index (χ0) is 16.3. The van der Waals surface area contributed by atoms with Crippen LogP contribution in [0, 0.1) is 0 Å². The van der Waals surface area contributed by atoms with Crippen molar-refractivity contribution in [1.29, 1.82) is 0 Å². The van der Waals surface area contributed by atoms with E-state index in [9.17, 15) is 9.59 Å². The molecule has 0 saturated carbocycles. The van der Waals surface area contributed by atoms with Gasteiger partial charge in [-0.1, -0.05) is 11.8 Å². The average Bonchev–Trinajstić information content (AvgIpc) is 3.03. The summed E-state index contributed by atoms with van der Waals surface area (Å²) in [6, 6.07) is 3.39. The maximum Gasteiger partial charge on any atom is 0.274 e. The van der Waals surface area contributed by atoms with E-state index in [2.05, 4.69) is 20.8 Å². The van der Waals surface area contributed by atoms with Gasteiger partial charge in [0.05, 0.1) is 11.3 Å². The fraction of sp³-hybridized carbons (Fsp3) is 0.462. The number of hydrogen-bond donors (Lipinski definition) is 1. The van der Waals surface area contributed by atoms with Crippen molar-refractivity contribution in [3.05, 3.63) is 24.0 Å². The summed E-state index contributed by atoms with van der Waals surface area (Å²) in [5.74, 6) is -0.750. The second-order valence-corrected chi connectivity index (χ2v) is 6.66. The lowest BCUT2D eigenvalue weighted by Crippen LogP contribution is -2.33. The molecule has 8 nitrogen and oxygen atoms in total. The highest BCUT2D eigenvalue weighted by Gasteiger charge is 2.21. The van der Waals surface area contributed by atoms with Crippen LogP contribution in [0.4, 0.5) is 0 Å². The lowest BCUT2D eigenvalue weighted by Gasteiger charge is -2.19. The van der Waals surface area contributed by atoms with E-state index < -0.39 is 5.91 Å². The molecule has 0 atom stereocenters. The molecule has 0 radical (unpaired) electrons. The third kappa shape index (κ3) is 3.73. The molecule has 0 fully saturated rings. The molecule has 2 rings (SSSR count). The molecule has 0 aliphatic carbocycles. The van der Waals surface area contributed by atoms with E-state index in [1.165, 1.54) is 11.8 Å². The minimum Gasteiger partial charge on any atom is -0.347 e. The molecular formula is C13H18N6O2S. The third-order valence-corrected chi connectivity index (χ3v) is 3.76. The molecule has 118 valence electrons. The molecule has 0 saturated heterocycles. The van der Waals surface area contributed by atoms with E-state index in [4.69, 9.17) is 0 Å². The second-order valence-electron chi connectivity index (χ2n) is 5.71. The first-order valence-electron chi connectivity index (χ1n) is 6.66. The van der Waals surface area contributed by atoms with Crippen molar-refractivity contribution in [2.24, 2.45) is 7.05 Å². The number of rotatable bonds is 4. The molecule has 1 N–H and O–H groups in total. The zero-order valence-electron chi connectivity index (χ0n) is 12.9. The lowest BCUT2D eigenvalue weighted by molar-refractivity contribution is -0.117. The number of thioether (sulfide) groups is 1. The minimum absolute atomic E-state index is 0.0621. The first-order valence-corrected chi connectivity index (χ1v) is 7.65. The predicted octanol–water partition coefficient (Wildman–Crippen LogP) is 0.815. The monoisotopic (exact) mass is 322 g/mol. The first kappa shape index (κ1) is 16.2. The van der Waals surface area contributed by atoms with Crippen LogP contribution in [0.25, 0.3) is 0 Å². The van der Waals surface area contributed by atoms with Crippen molar-refractivity contribution < 1.29 is 9.59 Å². The fourth-order valence-electron chi connectivity index (χ4n) is 1.74. The van der Waals surface area contributed by atoms with Gasteiger partial charge < -0.3 is 4.57 Å². The Morgan fingerprint density at radius 1 is 1.36 bits per heavy atom. The Kier molecular flexibility index (Phi) is 4.65. The van der Waals surface area contributed by atoms with Gasteiger partial charge in [-0.05, 0) is 43.3 Å². The SMILES string of the molecule is Cn1cccc1C(=O)NC(=O)CSc1nnnn1C(C)(C)C. The van der Waals surface area contributed by atoms with Crippen LogP contribution in [-0.4, -0.2) is 42.3 Å². The molecule has 2 aromatic rings. The summed E-state index contributed by atoms with van der Waals surface area (Å²) in [5.41, 5.74) is 0.152. The van der Waals surface area contributed by atoms with E-state index in [0.717, 1.165) is 0 Å². The molecule has 0 aliphatic rings. The van der Waals surface area contributed by atoms with E-state index in [-0.39, 0.29) is 17.2 Å². The maximum atomic E-state index is 11.9. The van der Waals surface area contributed by atoms with Crippen molar-refractivity contribution in [2.45, 2.75) is 31.5 Å². The minimum atomic E-state index is -0.423. The summed E-state index contributed by atoms with van der Waals surface area (Å²) < 4.78 is 3.29. The Morgan fingerprint density at radius 2 is 2.09 bits per heavy atom. The van der Waals surface area contributed by atoms with Gasteiger partial charge in [-0.25, -0.2) is 4.68 Å². The van der Waals surface area contributed by atoms with Crippen molar-refractivity contribution in [3.8, 4) is 0 Å². The largest absolute Gasteiger partial charge is 0.347 e. The van der Waals surface area contributed by atoms with Gasteiger partial charge >= 0.3 is 0 Å². The molecule has 0 bridgehead atoms. The maximum absolute atomic E-state index is 11.9. The van der Waals surface area contributed by atoms with Crippen LogP contribution in [0.3, 0.4) is 0 Å². The quantitative estimate of drug-likeness (QED) is 0.837. The molecule has 2 amide bonds. The van der Waals surface area contributed by atoms with Crippen molar-refractivity contribution >= 4 is 23.6 Å². The standard InChI is InChI=1S/C13H18N6O2S/c1-13(2,3)19-12(15-16-17-19)22-8-10(20)14-11(21)9-6-5-7-18(9)4/h5-7H,8H2,1-4H3,(H,14,20,21). The number of nitrogens with one attached hydrogen (secondary N) is 1. The predicted molar refractivity (Wildman–Crippen MR) is 81.4 cm³/mol. The van der Waals surface area contributed by atoms with Gasteiger partial charge in [-0.3, -0.25) is 14.9 Å². The molecule has 2 heterocycles. The number of nitrogens with zero attached hydrogens (tertiary/aromatic N) is 5. The molecule has 0 spiro atoms. The molecule has 0 unspecified atom stereocenters. The van der Waals surface area contributed by atoms with E-state index >= 15 is 0 Å². The Labute approximate surface area is 132 Å². The van der Waals surface area contributed by atoms with Crippen molar-refractivity contribution in [1.82, 2.24) is 30.1 Å². The van der Waals surface area contributed by atoms with Crippen LogP contribution in [0.2, 0.25) is 0 Å². The molecule has 0 aliphatic heterocycles. The summed E-state index contributed by atoms with van der Waals surface area (Å²) in [4.78, 5) is 23.8. The molecule has 22 heavy (non-hydrogen) atoms. The summed E-state index contributed by atoms with van der Waals surface area (Å²) in [5, 5.41) is 14.3. The highest BCUT2D eigenvalue weighted by Crippen LogP contribution is 2.20. The highest BCUT2D eigenvalue weighted by atomic mass is 32.2. The number of aryl methyl sites for hydroxylation is 1. The van der Waals surface area contributed by atoms with Gasteiger partial charge in [-0.15, -0.1) is 5.10 Å². The van der Waals surface area contributed by atoms with Crippen molar-refractivity contribution in [2.75, 3.05) is 5.75 Å². The molecule has 0 aromatic carbocycles. The summed E-state index contributed by atoms with van der Waals surface area (Å²) in [6.07, 6.45) is 1.74. The third-order valence-electron chi connectivity index (χ3n) is 2.84. The smallest absolute Gasteiger partial charge is 0.274 e. The Morgan fingerprint density at radius 3 is 2.68 bits per heavy atom. The van der Waals surface area contributed by atoms with Crippen LogP contribution in [0.5, 0.6) is 0 Å². The number of amides is 2. The number of hydrogen-bond acceptors (Lipinski definition) is 6. The van der Waals surface area contributed by atoms with Crippen LogP contribution >= 0.6 is 11.8 Å². The van der Waals surface area contributed by atoms with Gasteiger partial charge in [-0.2, -0.15) is 0 Å². The Balaban J connectivity index is 1.93. The van der Waals surface area contributed by atoms with Crippen LogP contribution in [-0.2, 0) is 17.4 Å². The molecule has 2 aromatic heterocycles. The Hall–Kier alpha value is -2.16. The fourth-order valence-corrected chi connectivity index (χ4v) is 2.60. The van der Waals surface area contributed by atoms with E-state index in [0.29, 0.717) is 10.9 Å². The molecule has 9 heteroatoms. The summed E-state index contributed by atoms with van der Waals surface area (Å²) in [6.45, 7) is 5.89. The molecular weight excluding hydrogens is 304 g/mol. The number of imide groups is 1. The van der Waals surface area contributed by atoms with Crippen LogP contribution in [0.15, 0.2) is 23.5 Å². The van der Waals surface area contributed by atoms with Crippen molar-refractivity contribution in [3.63, 3.8) is 0 Å². The Bertz CT molecular complexity index is 685. The first-order chi connectivity index (χ1) is 10.3. The van der Waals surface area contributed by atoms with E-state index in [1.54, 1.807) is 34.6 Å². The van der Waals surface area contributed by atoms with Gasteiger partial charge in [0.25, 0.3) is 5.91 Å². The van der Waals surface area contributed by atoms with Gasteiger partial charge in [0, 0.05) is 13.2 Å². The number of carbonyl (C=O) groups excluding carboxylic acids is 2. The lowest BCUT2D eigenvalue weighted by atomic mass is 10.1. The van der Waals surface area contributed by atoms with Gasteiger partial charge in [0.1, 0.15) is 5.69 Å². The highest BCUT2D eigenvalue weighted by molar-refractivity contribution is 7.99. The number of aromatic nitrogens is 5. The van der Waals surface area contributed by atoms with Gasteiger partial charge in [0.15, 0.2) is 0 Å². The number of tetrazole rings is 1. The topological polar surface area (TPSA) is 94.7 Å². The van der Waals surface area contributed by atoms with Gasteiger partial charge in [0.2, 0.25) is 11.1 Å². The second kappa shape index (κ2) is 6.30. The summed E-state index contributed by atoms with van der Waals surface area (Å²) in [7, 11) is 1.74. The van der Waals surface area contributed by atoms with Crippen LogP contribution in [0.1, 0.15) is 31.3 Å². The van der Waals surface area contributed by atoms with E-state index in [1.807, 2.05) is 20.8 Å². The summed E-state index contributed by atoms with van der Waals surface area (Å²) >= 11 is 1.19.